The van der Waals surface area contributed by atoms with Gasteiger partial charge in [0.05, 0.1) is 6.20 Å². The van der Waals surface area contributed by atoms with Crippen molar-refractivity contribution in [1.29, 1.82) is 0 Å². The number of nitrogens with one attached hydrogen (secondary N) is 1. The summed E-state index contributed by atoms with van der Waals surface area (Å²) in [6.45, 7) is 11.2. The van der Waals surface area contributed by atoms with E-state index in [-0.39, 0.29) is 6.10 Å². The molecule has 0 saturated carbocycles. The molecule has 2 rings (SSSR count). The summed E-state index contributed by atoms with van der Waals surface area (Å²) in [5, 5.41) is 3.64. The predicted molar refractivity (Wildman–Crippen MR) is 86.6 cm³/mol. The van der Waals surface area contributed by atoms with Crippen LogP contribution in [0.4, 0.5) is 0 Å². The molecular formula is C17H29N3O. The molecule has 0 aromatic carbocycles. The quantitative estimate of drug-likeness (QED) is 0.838. The summed E-state index contributed by atoms with van der Waals surface area (Å²) in [5.41, 5.74) is 0. The molecule has 1 atom stereocenters. The van der Waals surface area contributed by atoms with E-state index < -0.39 is 0 Å². The summed E-state index contributed by atoms with van der Waals surface area (Å²) in [6, 6.07) is 4.49. The third-order valence-electron chi connectivity index (χ3n) is 3.88. The Hall–Kier alpha value is -1.13. The van der Waals surface area contributed by atoms with Crippen molar-refractivity contribution < 1.29 is 4.74 Å². The van der Waals surface area contributed by atoms with E-state index in [0.717, 1.165) is 18.2 Å². The molecule has 1 N–H and O–H groups in total. The minimum absolute atomic E-state index is 0.169. The van der Waals surface area contributed by atoms with Crippen molar-refractivity contribution in [3.63, 3.8) is 0 Å². The number of likely N-dealkylation sites (tertiary alicyclic amines) is 1. The Morgan fingerprint density at radius 3 is 2.71 bits per heavy atom. The molecule has 4 heteroatoms. The molecule has 0 unspecified atom stereocenters. The zero-order valence-electron chi connectivity index (χ0n) is 13.6. The highest BCUT2D eigenvalue weighted by Gasteiger charge is 2.19. The number of rotatable bonds is 7. The average Bonchev–Trinajstić information content (AvgIpc) is 2.47. The minimum atomic E-state index is 0.169. The monoisotopic (exact) mass is 291 g/mol. The Labute approximate surface area is 128 Å². The first-order chi connectivity index (χ1) is 10.1. The zero-order chi connectivity index (χ0) is 15.1. The van der Waals surface area contributed by atoms with Crippen molar-refractivity contribution in [2.24, 2.45) is 5.92 Å². The summed E-state index contributed by atoms with van der Waals surface area (Å²) in [7, 11) is 0. The fourth-order valence-corrected chi connectivity index (χ4v) is 2.86. The summed E-state index contributed by atoms with van der Waals surface area (Å²) in [4.78, 5) is 6.65. The standard InChI is InChI=1S/C17H29N3O/c1-14(2)13-20-9-6-16(7-10-20)19-11-15(3)21-17-5-4-8-18-12-17/h4-5,8,12,14-16,19H,6-7,9-11,13H2,1-3H3/t15-/m0/s1. The van der Waals surface area contributed by atoms with Gasteiger partial charge >= 0.3 is 0 Å². The maximum absolute atomic E-state index is 5.84. The highest BCUT2D eigenvalue weighted by Crippen LogP contribution is 2.13. The van der Waals surface area contributed by atoms with E-state index in [1.165, 1.54) is 32.5 Å². The third-order valence-corrected chi connectivity index (χ3v) is 3.88. The zero-order valence-corrected chi connectivity index (χ0v) is 13.6. The molecule has 1 aliphatic heterocycles. The lowest BCUT2D eigenvalue weighted by atomic mass is 10.0. The number of nitrogens with zero attached hydrogens (tertiary/aromatic N) is 2. The lowest BCUT2D eigenvalue weighted by molar-refractivity contribution is 0.164. The largest absolute Gasteiger partial charge is 0.488 e. The van der Waals surface area contributed by atoms with Gasteiger partial charge in [0.25, 0.3) is 0 Å². The van der Waals surface area contributed by atoms with Gasteiger partial charge in [-0.2, -0.15) is 0 Å². The number of hydrogen-bond donors (Lipinski definition) is 1. The van der Waals surface area contributed by atoms with Crippen molar-refractivity contribution in [1.82, 2.24) is 15.2 Å². The Morgan fingerprint density at radius 1 is 1.33 bits per heavy atom. The molecule has 21 heavy (non-hydrogen) atoms. The van der Waals surface area contributed by atoms with Gasteiger partial charge in [-0.05, 0) is 50.9 Å². The molecule has 0 spiro atoms. The van der Waals surface area contributed by atoms with Crippen LogP contribution >= 0.6 is 0 Å². The molecule has 1 fully saturated rings. The Morgan fingerprint density at radius 2 is 2.10 bits per heavy atom. The first kappa shape index (κ1) is 16.2. The van der Waals surface area contributed by atoms with E-state index in [4.69, 9.17) is 4.74 Å². The molecule has 1 aromatic heterocycles. The van der Waals surface area contributed by atoms with Crippen molar-refractivity contribution in [3.05, 3.63) is 24.5 Å². The minimum Gasteiger partial charge on any atom is -0.488 e. The van der Waals surface area contributed by atoms with Gasteiger partial charge in [-0.25, -0.2) is 0 Å². The molecule has 1 saturated heterocycles. The normalized spacial score (nSPS) is 18.9. The number of aromatic nitrogens is 1. The highest BCUT2D eigenvalue weighted by atomic mass is 16.5. The van der Waals surface area contributed by atoms with E-state index in [9.17, 15) is 0 Å². The van der Waals surface area contributed by atoms with Gasteiger partial charge in [-0.15, -0.1) is 0 Å². The van der Waals surface area contributed by atoms with Gasteiger partial charge in [-0.3, -0.25) is 4.98 Å². The Kier molecular flexibility index (Phi) is 6.46. The molecule has 4 nitrogen and oxygen atoms in total. The van der Waals surface area contributed by atoms with Gasteiger partial charge in [0.1, 0.15) is 11.9 Å². The van der Waals surface area contributed by atoms with Crippen molar-refractivity contribution in [2.45, 2.75) is 45.8 Å². The first-order valence-corrected chi connectivity index (χ1v) is 8.16. The molecule has 0 radical (unpaired) electrons. The van der Waals surface area contributed by atoms with Crippen molar-refractivity contribution in [2.75, 3.05) is 26.2 Å². The van der Waals surface area contributed by atoms with Crippen LogP contribution in [-0.2, 0) is 0 Å². The van der Waals surface area contributed by atoms with Crippen LogP contribution in [0.5, 0.6) is 5.75 Å². The van der Waals surface area contributed by atoms with Crippen LogP contribution < -0.4 is 10.1 Å². The van der Waals surface area contributed by atoms with Crippen LogP contribution in [0.2, 0.25) is 0 Å². The Bertz CT molecular complexity index is 388. The maximum Gasteiger partial charge on any atom is 0.138 e. The fourth-order valence-electron chi connectivity index (χ4n) is 2.86. The predicted octanol–water partition coefficient (Wildman–Crippen LogP) is 2.56. The summed E-state index contributed by atoms with van der Waals surface area (Å²) in [6.07, 6.45) is 6.18. The number of pyridine rings is 1. The van der Waals surface area contributed by atoms with E-state index in [1.54, 1.807) is 12.4 Å². The molecule has 0 aliphatic carbocycles. The molecule has 0 amide bonds. The topological polar surface area (TPSA) is 37.4 Å². The molecule has 118 valence electrons. The van der Waals surface area contributed by atoms with Gasteiger partial charge in [0.15, 0.2) is 0 Å². The molecule has 1 aliphatic rings. The van der Waals surface area contributed by atoms with Gasteiger partial charge in [0, 0.05) is 25.3 Å². The second-order valence-electron chi connectivity index (χ2n) is 6.49. The van der Waals surface area contributed by atoms with Crippen LogP contribution in [0.25, 0.3) is 0 Å². The Balaban J connectivity index is 1.63. The second-order valence-corrected chi connectivity index (χ2v) is 6.49. The maximum atomic E-state index is 5.84. The SMILES string of the molecule is CC(C)CN1CCC(NC[C@H](C)Oc2cccnc2)CC1. The van der Waals surface area contributed by atoms with E-state index in [1.807, 2.05) is 12.1 Å². The smallest absolute Gasteiger partial charge is 0.138 e. The van der Waals surface area contributed by atoms with Crippen LogP contribution in [0, 0.1) is 5.92 Å². The number of piperidine rings is 1. The van der Waals surface area contributed by atoms with Crippen LogP contribution in [0.15, 0.2) is 24.5 Å². The van der Waals surface area contributed by atoms with Gasteiger partial charge in [0.2, 0.25) is 0 Å². The average molecular weight is 291 g/mol. The second kappa shape index (κ2) is 8.35. The molecule has 1 aromatic rings. The van der Waals surface area contributed by atoms with E-state index in [2.05, 4.69) is 36.0 Å². The lowest BCUT2D eigenvalue weighted by Gasteiger charge is -2.33. The molecular weight excluding hydrogens is 262 g/mol. The van der Waals surface area contributed by atoms with Crippen molar-refractivity contribution in [3.8, 4) is 5.75 Å². The fraction of sp³-hybridized carbons (Fsp3) is 0.706. The van der Waals surface area contributed by atoms with Crippen LogP contribution in [0.1, 0.15) is 33.6 Å². The van der Waals surface area contributed by atoms with Gasteiger partial charge < -0.3 is 15.0 Å². The summed E-state index contributed by atoms with van der Waals surface area (Å²) < 4.78 is 5.84. The summed E-state index contributed by atoms with van der Waals surface area (Å²) in [5.74, 6) is 1.61. The van der Waals surface area contributed by atoms with Crippen molar-refractivity contribution >= 4 is 0 Å². The number of hydrogen-bond acceptors (Lipinski definition) is 4. The van der Waals surface area contributed by atoms with Crippen LogP contribution in [-0.4, -0.2) is 48.2 Å². The number of ether oxygens (including phenoxy) is 1. The molecule has 0 bridgehead atoms. The van der Waals surface area contributed by atoms with Crippen LogP contribution in [0.3, 0.4) is 0 Å². The van der Waals surface area contributed by atoms with Gasteiger partial charge in [-0.1, -0.05) is 13.8 Å². The highest BCUT2D eigenvalue weighted by molar-refractivity contribution is 5.15. The molecule has 2 heterocycles. The third kappa shape index (κ3) is 6.02. The first-order valence-electron chi connectivity index (χ1n) is 8.16. The summed E-state index contributed by atoms with van der Waals surface area (Å²) >= 11 is 0. The van der Waals surface area contributed by atoms with E-state index in [0.29, 0.717) is 6.04 Å². The van der Waals surface area contributed by atoms with E-state index >= 15 is 0 Å². The lowest BCUT2D eigenvalue weighted by Crippen LogP contribution is -2.45.